The molecule has 13 nitrogen and oxygen atoms in total. The predicted octanol–water partition coefficient (Wildman–Crippen LogP) is 7.36. The van der Waals surface area contributed by atoms with E-state index >= 15 is 0 Å². The van der Waals surface area contributed by atoms with Crippen LogP contribution in [0, 0.1) is 32.0 Å². The van der Waals surface area contributed by atoms with Crippen molar-refractivity contribution in [1.29, 1.82) is 0 Å². The van der Waals surface area contributed by atoms with E-state index in [2.05, 4.69) is 5.32 Å². The summed E-state index contributed by atoms with van der Waals surface area (Å²) >= 11 is 0. The van der Waals surface area contributed by atoms with E-state index in [1.165, 1.54) is 82.6 Å². The van der Waals surface area contributed by atoms with Gasteiger partial charge in [0.2, 0.25) is 5.82 Å². The zero-order valence-electron chi connectivity index (χ0n) is 27.5. The lowest BCUT2D eigenvalue weighted by atomic mass is 9.87. The molecule has 16 heteroatoms. The first-order valence-corrected chi connectivity index (χ1v) is 18.7. The number of anilines is 3. The van der Waals surface area contributed by atoms with Crippen LogP contribution in [0.15, 0.2) is 107 Å². The molecule has 0 heterocycles. The lowest BCUT2D eigenvalue weighted by molar-refractivity contribution is -0.387. The monoisotopic (exact) mass is 727 g/mol. The molecule has 1 saturated carbocycles. The van der Waals surface area contributed by atoms with Gasteiger partial charge in [-0.25, -0.2) is 16.8 Å². The average molecular weight is 728 g/mol. The molecule has 0 atom stereocenters. The fourth-order valence-corrected chi connectivity index (χ4v) is 7.94. The van der Waals surface area contributed by atoms with E-state index in [0.717, 1.165) is 27.2 Å². The first kappa shape index (κ1) is 37.7. The zero-order chi connectivity index (χ0) is 36.5. The second-order valence-electron chi connectivity index (χ2n) is 11.6. The molecule has 0 aromatic heterocycles. The van der Waals surface area contributed by atoms with E-state index in [4.69, 9.17) is 0 Å². The van der Waals surface area contributed by atoms with Gasteiger partial charge in [0.05, 0.1) is 31.0 Å². The van der Waals surface area contributed by atoms with Gasteiger partial charge >= 0.3 is 5.69 Å². The van der Waals surface area contributed by atoms with Gasteiger partial charge in [0.1, 0.15) is 5.69 Å². The van der Waals surface area contributed by atoms with E-state index in [-0.39, 0.29) is 26.9 Å². The summed E-state index contributed by atoms with van der Waals surface area (Å²) in [5, 5.41) is 25.5. The number of halogens is 1. The molecule has 1 aliphatic rings. The standard InChI is InChI=1S/C21H27N3O4S.C13H11FN2O4S/c1-23(29(27,28)19-10-6-3-7-11-19)18-12-13-20(21(16-18)24(25)26)22-15-14-17-8-4-2-5-9-17;1-15(21(19,20)11-5-3-2-4-6-11)10-7-8-12(14)13(9-10)16(17)18/h3,6-7,10-13,16-17,22H,2,4-5,8-9,14-15H2,1H3;2-9H,1H3. The smallest absolute Gasteiger partial charge is 0.306 e. The maximum Gasteiger partial charge on any atom is 0.306 e. The number of nitrogens with zero attached hydrogens (tertiary/aromatic N) is 4. The normalized spacial score (nSPS) is 13.4. The molecule has 0 saturated heterocycles. The van der Waals surface area contributed by atoms with Crippen LogP contribution in [-0.2, 0) is 20.0 Å². The Morgan fingerprint density at radius 1 is 0.700 bits per heavy atom. The number of hydrogen-bond acceptors (Lipinski definition) is 9. The minimum Gasteiger partial charge on any atom is -0.379 e. The third-order valence-electron chi connectivity index (χ3n) is 8.43. The molecule has 4 aromatic carbocycles. The van der Waals surface area contributed by atoms with Crippen molar-refractivity contribution in [2.24, 2.45) is 5.92 Å². The Hall–Kier alpha value is -5.09. The molecular weight excluding hydrogens is 690 g/mol. The summed E-state index contributed by atoms with van der Waals surface area (Å²) in [6.45, 7) is 0.670. The minimum absolute atomic E-state index is 0.00644. The van der Waals surface area contributed by atoms with Crippen LogP contribution in [-0.4, -0.2) is 47.3 Å². The van der Waals surface area contributed by atoms with Gasteiger partial charge < -0.3 is 5.32 Å². The van der Waals surface area contributed by atoms with Gasteiger partial charge in [-0.05, 0) is 60.9 Å². The topological polar surface area (TPSA) is 173 Å². The second-order valence-corrected chi connectivity index (χ2v) is 15.6. The van der Waals surface area contributed by atoms with Crippen LogP contribution >= 0.6 is 0 Å². The SMILES string of the molecule is CN(c1ccc(F)c([N+](=O)[O-])c1)S(=O)(=O)c1ccccc1.CN(c1ccc(NCCC2CCCCC2)c([N+](=O)[O-])c1)S(=O)(=O)c1ccccc1. The molecule has 0 spiro atoms. The minimum atomic E-state index is -3.86. The van der Waals surface area contributed by atoms with Gasteiger partial charge in [0.25, 0.3) is 25.7 Å². The number of sulfonamides is 2. The number of nitro benzene ring substituents is 2. The molecule has 5 rings (SSSR count). The summed E-state index contributed by atoms with van der Waals surface area (Å²) in [7, 11) is -5.00. The molecule has 0 unspecified atom stereocenters. The molecule has 0 radical (unpaired) electrons. The second kappa shape index (κ2) is 16.5. The number of nitrogens with one attached hydrogen (secondary N) is 1. The zero-order valence-corrected chi connectivity index (χ0v) is 29.1. The Morgan fingerprint density at radius 2 is 1.16 bits per heavy atom. The van der Waals surface area contributed by atoms with E-state index < -0.39 is 41.4 Å². The number of hydrogen-bond donors (Lipinski definition) is 1. The van der Waals surface area contributed by atoms with E-state index in [9.17, 15) is 41.5 Å². The molecular formula is C34H38FN5O8S2. The third kappa shape index (κ3) is 9.12. The Balaban J connectivity index is 0.000000237. The highest BCUT2D eigenvalue weighted by Crippen LogP contribution is 2.33. The van der Waals surface area contributed by atoms with Crippen molar-refractivity contribution in [1.82, 2.24) is 0 Å². The van der Waals surface area contributed by atoms with Crippen molar-refractivity contribution < 1.29 is 31.1 Å². The maximum atomic E-state index is 13.3. The van der Waals surface area contributed by atoms with Crippen LogP contribution in [0.2, 0.25) is 0 Å². The quantitative estimate of drug-likeness (QED) is 0.116. The number of rotatable bonds is 12. The number of nitro groups is 2. The lowest BCUT2D eigenvalue weighted by Crippen LogP contribution is -2.26. The van der Waals surface area contributed by atoms with Gasteiger partial charge in [-0.1, -0.05) is 68.5 Å². The van der Waals surface area contributed by atoms with E-state index in [1.807, 2.05) is 0 Å². The molecule has 1 N–H and O–H groups in total. The van der Waals surface area contributed by atoms with Gasteiger partial charge in [-0.3, -0.25) is 28.8 Å². The van der Waals surface area contributed by atoms with Crippen LogP contribution in [0.1, 0.15) is 38.5 Å². The summed E-state index contributed by atoms with van der Waals surface area (Å²) in [5.41, 5.74) is -0.228. The van der Waals surface area contributed by atoms with Crippen molar-refractivity contribution >= 4 is 48.5 Å². The predicted molar refractivity (Wildman–Crippen MR) is 190 cm³/mol. The van der Waals surface area contributed by atoms with Gasteiger partial charge in [-0.2, -0.15) is 4.39 Å². The van der Waals surface area contributed by atoms with E-state index in [1.54, 1.807) is 48.5 Å². The van der Waals surface area contributed by atoms with Crippen molar-refractivity contribution in [3.63, 3.8) is 0 Å². The van der Waals surface area contributed by atoms with Crippen molar-refractivity contribution in [2.45, 2.75) is 48.3 Å². The van der Waals surface area contributed by atoms with Crippen molar-refractivity contribution in [2.75, 3.05) is 34.6 Å². The average Bonchev–Trinajstić information content (AvgIpc) is 3.12. The van der Waals surface area contributed by atoms with Crippen LogP contribution in [0.25, 0.3) is 0 Å². The highest BCUT2D eigenvalue weighted by molar-refractivity contribution is 7.93. The van der Waals surface area contributed by atoms with Crippen molar-refractivity contribution in [3.05, 3.63) is 123 Å². The largest absolute Gasteiger partial charge is 0.379 e. The molecule has 0 aliphatic heterocycles. The molecule has 1 aliphatic carbocycles. The Morgan fingerprint density at radius 3 is 1.64 bits per heavy atom. The van der Waals surface area contributed by atoms with Crippen molar-refractivity contribution in [3.8, 4) is 0 Å². The molecule has 4 aromatic rings. The van der Waals surface area contributed by atoms with Gasteiger partial charge in [-0.15, -0.1) is 0 Å². The Bertz CT molecular complexity index is 2010. The Labute approximate surface area is 290 Å². The van der Waals surface area contributed by atoms with Crippen LogP contribution < -0.4 is 13.9 Å². The molecule has 1 fully saturated rings. The molecule has 266 valence electrons. The van der Waals surface area contributed by atoms with E-state index in [0.29, 0.717) is 18.2 Å². The maximum absolute atomic E-state index is 13.3. The third-order valence-corrected chi connectivity index (χ3v) is 12.0. The highest BCUT2D eigenvalue weighted by atomic mass is 32.2. The summed E-state index contributed by atoms with van der Waals surface area (Å²) in [6.07, 6.45) is 7.27. The molecule has 50 heavy (non-hydrogen) atoms. The summed E-state index contributed by atoms with van der Waals surface area (Å²) in [4.78, 5) is 21.1. The van der Waals surface area contributed by atoms with Crippen LogP contribution in [0.3, 0.4) is 0 Å². The Kier molecular flexibility index (Phi) is 12.5. The summed E-state index contributed by atoms with van der Waals surface area (Å²) < 4.78 is 65.5. The summed E-state index contributed by atoms with van der Waals surface area (Å²) in [5.74, 6) is -0.342. The molecule has 0 amide bonds. The fourth-order valence-electron chi connectivity index (χ4n) is 5.52. The van der Waals surface area contributed by atoms with Crippen LogP contribution in [0.5, 0.6) is 0 Å². The first-order chi connectivity index (χ1) is 23.7. The van der Waals surface area contributed by atoms with Gasteiger partial charge in [0, 0.05) is 32.8 Å². The summed E-state index contributed by atoms with van der Waals surface area (Å²) in [6, 6.07) is 23.0. The fraction of sp³-hybridized carbons (Fsp3) is 0.294. The lowest BCUT2D eigenvalue weighted by Gasteiger charge is -2.22. The van der Waals surface area contributed by atoms with Crippen LogP contribution in [0.4, 0.5) is 32.8 Å². The first-order valence-electron chi connectivity index (χ1n) is 15.8. The van der Waals surface area contributed by atoms with Gasteiger partial charge in [0.15, 0.2) is 0 Å². The number of benzene rings is 4. The molecule has 0 bridgehead atoms. The highest BCUT2D eigenvalue weighted by Gasteiger charge is 2.26.